The van der Waals surface area contributed by atoms with E-state index in [1.807, 2.05) is 37.3 Å². The van der Waals surface area contributed by atoms with Crippen LogP contribution in [0, 0.1) is 6.92 Å². The Kier molecular flexibility index (Phi) is 7.10. The average molecular weight is 509 g/mol. The van der Waals surface area contributed by atoms with Crippen molar-refractivity contribution in [2.45, 2.75) is 32.6 Å². The molecule has 4 rings (SSSR count). The van der Waals surface area contributed by atoms with Crippen molar-refractivity contribution in [3.05, 3.63) is 128 Å². The number of benzene rings is 3. The van der Waals surface area contributed by atoms with Gasteiger partial charge in [-0.25, -0.2) is 4.79 Å². The van der Waals surface area contributed by atoms with Crippen LogP contribution in [0.25, 0.3) is 5.69 Å². The molecule has 0 spiro atoms. The zero-order valence-corrected chi connectivity index (χ0v) is 20.0. The van der Waals surface area contributed by atoms with E-state index in [1.54, 1.807) is 31.2 Å². The lowest BCUT2D eigenvalue weighted by Crippen LogP contribution is -2.46. The summed E-state index contributed by atoms with van der Waals surface area (Å²) in [6.07, 6.45) is -4.52. The third-order valence-electron chi connectivity index (χ3n) is 5.82. The summed E-state index contributed by atoms with van der Waals surface area (Å²) in [7, 11) is 0. The third-order valence-corrected chi connectivity index (χ3v) is 5.82. The molecule has 0 saturated carbocycles. The van der Waals surface area contributed by atoms with Gasteiger partial charge < -0.3 is 5.32 Å². The van der Waals surface area contributed by atoms with E-state index in [0.717, 1.165) is 32.5 Å². The van der Waals surface area contributed by atoms with Gasteiger partial charge in [0.15, 0.2) is 0 Å². The maximum atomic E-state index is 13.3. The molecule has 1 heterocycles. The average Bonchev–Trinajstić information content (AvgIpc) is 2.87. The Morgan fingerprint density at radius 2 is 1.57 bits per heavy atom. The van der Waals surface area contributed by atoms with Crippen LogP contribution in [0.3, 0.4) is 0 Å². The van der Waals surface area contributed by atoms with Crippen LogP contribution in [0.4, 0.5) is 13.2 Å². The Labute approximate surface area is 209 Å². The van der Waals surface area contributed by atoms with Crippen molar-refractivity contribution >= 4 is 5.91 Å². The zero-order chi connectivity index (χ0) is 26.7. The summed E-state index contributed by atoms with van der Waals surface area (Å²) in [6, 6.07) is 19.4. The number of halogens is 3. The molecule has 0 radical (unpaired) electrons. The SMILES string of the molecule is Cc1ccc(-n2nc(C(=O)N[C@H](C)c3ccccc3)c(=O)n(Cc3ccc(C(F)(F)F)cc3)c2=O)cc1. The molecule has 1 atom stereocenters. The smallest absolute Gasteiger partial charge is 0.344 e. The number of carbonyl (C=O) groups excluding carboxylic acids is 1. The van der Waals surface area contributed by atoms with Crippen LogP contribution >= 0.6 is 0 Å². The van der Waals surface area contributed by atoms with Crippen molar-refractivity contribution in [2.75, 3.05) is 0 Å². The van der Waals surface area contributed by atoms with Crippen LogP contribution in [-0.2, 0) is 12.7 Å². The van der Waals surface area contributed by atoms with Gasteiger partial charge in [0.2, 0.25) is 5.69 Å². The minimum absolute atomic E-state index is 0.276. The number of nitrogens with one attached hydrogen (secondary N) is 1. The van der Waals surface area contributed by atoms with E-state index < -0.39 is 40.6 Å². The summed E-state index contributed by atoms with van der Waals surface area (Å²) in [6.45, 7) is 3.25. The molecule has 37 heavy (non-hydrogen) atoms. The highest BCUT2D eigenvalue weighted by Gasteiger charge is 2.30. The topological polar surface area (TPSA) is 86.0 Å². The number of nitrogens with zero attached hydrogens (tertiary/aromatic N) is 3. The Morgan fingerprint density at radius 1 is 0.946 bits per heavy atom. The van der Waals surface area contributed by atoms with E-state index in [0.29, 0.717) is 5.69 Å². The molecule has 0 fully saturated rings. The van der Waals surface area contributed by atoms with Gasteiger partial charge in [-0.2, -0.15) is 23.0 Å². The quantitative estimate of drug-likeness (QED) is 0.422. The van der Waals surface area contributed by atoms with Gasteiger partial charge in [0.25, 0.3) is 11.5 Å². The van der Waals surface area contributed by atoms with Gasteiger partial charge in [-0.05, 0) is 49.2 Å². The monoisotopic (exact) mass is 508 g/mol. The predicted molar refractivity (Wildman–Crippen MR) is 132 cm³/mol. The van der Waals surface area contributed by atoms with Gasteiger partial charge in [0.05, 0.1) is 23.8 Å². The van der Waals surface area contributed by atoms with Crippen molar-refractivity contribution in [1.82, 2.24) is 19.7 Å². The summed E-state index contributed by atoms with van der Waals surface area (Å²) in [5.41, 5.74) is -0.843. The highest BCUT2D eigenvalue weighted by molar-refractivity contribution is 5.92. The number of amides is 1. The highest BCUT2D eigenvalue weighted by Crippen LogP contribution is 2.29. The largest absolute Gasteiger partial charge is 0.416 e. The lowest BCUT2D eigenvalue weighted by atomic mass is 10.1. The van der Waals surface area contributed by atoms with Crippen molar-refractivity contribution in [2.24, 2.45) is 0 Å². The van der Waals surface area contributed by atoms with Gasteiger partial charge in [-0.3, -0.25) is 14.2 Å². The first-order chi connectivity index (χ1) is 17.5. The first kappa shape index (κ1) is 25.6. The van der Waals surface area contributed by atoms with Gasteiger partial charge in [0, 0.05) is 0 Å². The molecule has 0 bridgehead atoms. The number of carbonyl (C=O) groups is 1. The second-order valence-corrected chi connectivity index (χ2v) is 8.57. The number of alkyl halides is 3. The molecule has 4 aromatic rings. The van der Waals surface area contributed by atoms with Crippen molar-refractivity contribution < 1.29 is 18.0 Å². The Bertz CT molecular complexity index is 1530. The van der Waals surface area contributed by atoms with E-state index in [4.69, 9.17) is 0 Å². The van der Waals surface area contributed by atoms with Crippen LogP contribution < -0.4 is 16.6 Å². The molecule has 0 unspecified atom stereocenters. The molecule has 7 nitrogen and oxygen atoms in total. The maximum absolute atomic E-state index is 13.3. The molecule has 0 saturated heterocycles. The van der Waals surface area contributed by atoms with Crippen LogP contribution in [0.5, 0.6) is 0 Å². The number of aryl methyl sites for hydroxylation is 1. The molecule has 3 aromatic carbocycles. The molecule has 0 aliphatic heterocycles. The summed E-state index contributed by atoms with van der Waals surface area (Å²) in [5.74, 6) is -0.789. The van der Waals surface area contributed by atoms with E-state index in [2.05, 4.69) is 10.4 Å². The van der Waals surface area contributed by atoms with Gasteiger partial charge in [-0.15, -0.1) is 0 Å². The van der Waals surface area contributed by atoms with Crippen molar-refractivity contribution in [3.8, 4) is 5.69 Å². The minimum Gasteiger partial charge on any atom is -0.344 e. The Balaban J connectivity index is 1.78. The normalized spacial score (nSPS) is 12.2. The zero-order valence-electron chi connectivity index (χ0n) is 20.0. The Hall–Kier alpha value is -4.47. The lowest BCUT2D eigenvalue weighted by molar-refractivity contribution is -0.137. The second-order valence-electron chi connectivity index (χ2n) is 8.57. The summed E-state index contributed by atoms with van der Waals surface area (Å²) >= 11 is 0. The van der Waals surface area contributed by atoms with Crippen LogP contribution in [0.2, 0.25) is 0 Å². The lowest BCUT2D eigenvalue weighted by Gasteiger charge is -2.16. The molecule has 190 valence electrons. The fourth-order valence-corrected chi connectivity index (χ4v) is 3.72. The molecule has 10 heteroatoms. The number of rotatable bonds is 6. The minimum atomic E-state index is -4.52. The van der Waals surface area contributed by atoms with Crippen molar-refractivity contribution in [1.29, 1.82) is 0 Å². The van der Waals surface area contributed by atoms with Gasteiger partial charge >= 0.3 is 11.9 Å². The molecule has 1 aromatic heterocycles. The predicted octanol–water partition coefficient (Wildman–Crippen LogP) is 4.26. The van der Waals surface area contributed by atoms with Crippen LogP contribution in [-0.4, -0.2) is 20.3 Å². The molecule has 1 amide bonds. The van der Waals surface area contributed by atoms with Gasteiger partial charge in [-0.1, -0.05) is 60.2 Å². The van der Waals surface area contributed by atoms with E-state index >= 15 is 0 Å². The molecular formula is C27H23F3N4O3. The standard InChI is InChI=1S/C27H23F3N4O3/c1-17-8-14-22(15-9-17)34-26(37)33(16-19-10-12-21(13-11-19)27(28,29)30)25(36)23(32-34)24(35)31-18(2)20-6-4-3-5-7-20/h3-15,18H,16H2,1-2H3,(H,31,35)/t18-/m1/s1. The molecule has 0 aliphatic carbocycles. The van der Waals surface area contributed by atoms with E-state index in [1.165, 1.54) is 12.1 Å². The highest BCUT2D eigenvalue weighted by atomic mass is 19.4. The first-order valence-electron chi connectivity index (χ1n) is 11.4. The van der Waals surface area contributed by atoms with E-state index in [9.17, 15) is 27.6 Å². The molecule has 1 N–H and O–H groups in total. The van der Waals surface area contributed by atoms with Gasteiger partial charge in [0.1, 0.15) is 0 Å². The summed E-state index contributed by atoms with van der Waals surface area (Å²) in [4.78, 5) is 39.7. The molecule has 0 aliphatic rings. The summed E-state index contributed by atoms with van der Waals surface area (Å²) in [5, 5.41) is 6.80. The number of hydrogen-bond acceptors (Lipinski definition) is 4. The first-order valence-corrected chi connectivity index (χ1v) is 11.4. The number of hydrogen-bond donors (Lipinski definition) is 1. The maximum Gasteiger partial charge on any atom is 0.416 e. The molecular weight excluding hydrogens is 485 g/mol. The van der Waals surface area contributed by atoms with Crippen LogP contribution in [0.1, 0.15) is 45.7 Å². The summed E-state index contributed by atoms with van der Waals surface area (Å²) < 4.78 is 40.6. The van der Waals surface area contributed by atoms with Crippen LogP contribution in [0.15, 0.2) is 88.5 Å². The fraction of sp³-hybridized carbons (Fsp3) is 0.185. The fourth-order valence-electron chi connectivity index (χ4n) is 3.72. The van der Waals surface area contributed by atoms with E-state index in [-0.39, 0.29) is 12.1 Å². The third kappa shape index (κ3) is 5.69. The number of aromatic nitrogens is 3. The van der Waals surface area contributed by atoms with Crippen molar-refractivity contribution in [3.63, 3.8) is 0 Å². The second kappa shape index (κ2) is 10.3. The Morgan fingerprint density at radius 3 is 2.16 bits per heavy atom.